The minimum Gasteiger partial charge on any atom is -0.496 e. The van der Waals surface area contributed by atoms with Crippen LogP contribution in [-0.2, 0) is 17.7 Å². The molecule has 1 unspecified atom stereocenters. The summed E-state index contributed by atoms with van der Waals surface area (Å²) in [7, 11) is 1.68. The Kier molecular flexibility index (Phi) is 9.47. The molecule has 0 amide bonds. The van der Waals surface area contributed by atoms with Crippen molar-refractivity contribution >= 4 is 29.9 Å². The van der Waals surface area contributed by atoms with E-state index in [4.69, 9.17) is 18.9 Å². The number of rotatable bonds is 8. The molecule has 0 spiro atoms. The number of aliphatic imine (C=N–C) groups is 1. The Hall–Kier alpha value is -1.74. The fourth-order valence-electron chi connectivity index (χ4n) is 2.95. The molecule has 7 heteroatoms. The highest BCUT2D eigenvalue weighted by Gasteiger charge is 2.15. The van der Waals surface area contributed by atoms with E-state index in [-0.39, 0.29) is 30.1 Å². The lowest BCUT2D eigenvalue weighted by Crippen LogP contribution is -2.41. The van der Waals surface area contributed by atoms with Crippen molar-refractivity contribution in [3.05, 3.63) is 54.0 Å². The zero-order valence-corrected chi connectivity index (χ0v) is 18.0. The molecule has 2 heterocycles. The van der Waals surface area contributed by atoms with Crippen LogP contribution in [0.5, 0.6) is 5.75 Å². The molecule has 1 aromatic carbocycles. The van der Waals surface area contributed by atoms with Gasteiger partial charge in [0.05, 0.1) is 26.0 Å². The number of hydrogen-bond acceptors (Lipinski definition) is 4. The van der Waals surface area contributed by atoms with E-state index in [1.807, 2.05) is 36.4 Å². The third-order valence-corrected chi connectivity index (χ3v) is 4.37. The molecule has 2 aromatic rings. The quantitative estimate of drug-likeness (QED) is 0.341. The second-order valence-electron chi connectivity index (χ2n) is 6.25. The molecule has 148 valence electrons. The summed E-state index contributed by atoms with van der Waals surface area (Å²) in [5.74, 6) is 2.59. The maximum absolute atomic E-state index is 5.69. The van der Waals surface area contributed by atoms with Gasteiger partial charge in [0.25, 0.3) is 0 Å². The molecule has 1 aliphatic rings. The Morgan fingerprint density at radius 1 is 1.22 bits per heavy atom. The molecule has 6 nitrogen and oxygen atoms in total. The van der Waals surface area contributed by atoms with Gasteiger partial charge in [-0.2, -0.15) is 0 Å². The minimum atomic E-state index is 0. The van der Waals surface area contributed by atoms with E-state index in [9.17, 15) is 0 Å². The van der Waals surface area contributed by atoms with Crippen LogP contribution in [0.15, 0.2) is 52.1 Å². The van der Waals surface area contributed by atoms with E-state index in [2.05, 4.69) is 10.6 Å². The van der Waals surface area contributed by atoms with Gasteiger partial charge in [0.2, 0.25) is 0 Å². The molecule has 0 aliphatic carbocycles. The molecule has 1 atom stereocenters. The van der Waals surface area contributed by atoms with Crippen LogP contribution in [-0.4, -0.2) is 38.9 Å². The van der Waals surface area contributed by atoms with Crippen LogP contribution in [0, 0.1) is 0 Å². The van der Waals surface area contributed by atoms with Crippen LogP contribution in [0.25, 0.3) is 0 Å². The molecular weight excluding hydrogens is 457 g/mol. The largest absolute Gasteiger partial charge is 0.496 e. The molecule has 1 saturated heterocycles. The van der Waals surface area contributed by atoms with Crippen LogP contribution >= 0.6 is 24.0 Å². The first-order chi connectivity index (χ1) is 12.8. The Bertz CT molecular complexity index is 686. The summed E-state index contributed by atoms with van der Waals surface area (Å²) >= 11 is 0. The van der Waals surface area contributed by atoms with Gasteiger partial charge < -0.3 is 24.5 Å². The number of methoxy groups -OCH3 is 1. The number of hydrogen-bond donors (Lipinski definition) is 2. The molecule has 0 bridgehead atoms. The standard InChI is InChI=1S/C20H27N3O3.HI/c1-24-19-9-3-2-6-16(19)14-22-20(23-15-18-8-5-13-26-18)21-11-10-17-7-4-12-25-17;/h2-4,6-7,9,12,18H,5,8,10-11,13-15H2,1H3,(H2,21,22,23);1H. The van der Waals surface area contributed by atoms with Gasteiger partial charge in [-0.05, 0) is 31.0 Å². The predicted molar refractivity (Wildman–Crippen MR) is 117 cm³/mol. The molecule has 1 aromatic heterocycles. The fraction of sp³-hybridized carbons (Fsp3) is 0.450. The van der Waals surface area contributed by atoms with Crippen molar-refractivity contribution in [2.45, 2.75) is 31.9 Å². The Labute approximate surface area is 177 Å². The highest BCUT2D eigenvalue weighted by atomic mass is 127. The number of ether oxygens (including phenoxy) is 2. The Morgan fingerprint density at radius 2 is 2.11 bits per heavy atom. The van der Waals surface area contributed by atoms with Gasteiger partial charge in [-0.15, -0.1) is 24.0 Å². The van der Waals surface area contributed by atoms with Crippen molar-refractivity contribution in [1.82, 2.24) is 10.6 Å². The van der Waals surface area contributed by atoms with Crippen LogP contribution in [0.3, 0.4) is 0 Å². The second-order valence-corrected chi connectivity index (χ2v) is 6.25. The van der Waals surface area contributed by atoms with Gasteiger partial charge in [0.15, 0.2) is 5.96 Å². The molecule has 1 aliphatic heterocycles. The summed E-state index contributed by atoms with van der Waals surface area (Å²) in [6.45, 7) is 2.91. The molecule has 2 N–H and O–H groups in total. The first-order valence-electron chi connectivity index (χ1n) is 9.13. The van der Waals surface area contributed by atoms with Gasteiger partial charge in [-0.3, -0.25) is 0 Å². The number of nitrogens with one attached hydrogen (secondary N) is 2. The summed E-state index contributed by atoms with van der Waals surface area (Å²) in [6.07, 6.45) is 4.99. The predicted octanol–water partition coefficient (Wildman–Crippen LogP) is 3.36. The van der Waals surface area contributed by atoms with Crippen molar-refractivity contribution < 1.29 is 13.9 Å². The Balaban J connectivity index is 0.00000261. The van der Waals surface area contributed by atoms with Gasteiger partial charge in [-0.1, -0.05) is 18.2 Å². The van der Waals surface area contributed by atoms with Crippen LogP contribution in [0.1, 0.15) is 24.2 Å². The first kappa shape index (κ1) is 21.6. The second kappa shape index (κ2) is 11.9. The summed E-state index contributed by atoms with van der Waals surface area (Å²) in [6, 6.07) is 11.8. The Morgan fingerprint density at radius 3 is 2.85 bits per heavy atom. The van der Waals surface area contributed by atoms with Crippen LogP contribution < -0.4 is 15.4 Å². The SMILES string of the molecule is COc1ccccc1CN=C(NCCc1ccco1)NCC1CCCO1.I. The number of para-hydroxylation sites is 1. The monoisotopic (exact) mass is 485 g/mol. The maximum Gasteiger partial charge on any atom is 0.191 e. The molecule has 27 heavy (non-hydrogen) atoms. The number of benzene rings is 1. The van der Waals surface area contributed by atoms with Crippen molar-refractivity contribution in [3.8, 4) is 5.75 Å². The van der Waals surface area contributed by atoms with Gasteiger partial charge in [0.1, 0.15) is 11.5 Å². The molecule has 3 rings (SSSR count). The van der Waals surface area contributed by atoms with Gasteiger partial charge in [-0.25, -0.2) is 4.99 Å². The van der Waals surface area contributed by atoms with E-state index < -0.39 is 0 Å². The average Bonchev–Trinajstić information content (AvgIpc) is 3.37. The highest BCUT2D eigenvalue weighted by molar-refractivity contribution is 14.0. The zero-order valence-electron chi connectivity index (χ0n) is 15.6. The van der Waals surface area contributed by atoms with E-state index in [1.165, 1.54) is 0 Å². The van der Waals surface area contributed by atoms with E-state index in [0.29, 0.717) is 6.54 Å². The molecule has 1 fully saturated rings. The third-order valence-electron chi connectivity index (χ3n) is 4.37. The van der Waals surface area contributed by atoms with Crippen molar-refractivity contribution in [3.63, 3.8) is 0 Å². The van der Waals surface area contributed by atoms with Crippen molar-refractivity contribution in [2.24, 2.45) is 4.99 Å². The van der Waals surface area contributed by atoms with Gasteiger partial charge in [0, 0.05) is 31.7 Å². The summed E-state index contributed by atoms with van der Waals surface area (Å²) in [5, 5.41) is 6.76. The van der Waals surface area contributed by atoms with E-state index in [1.54, 1.807) is 13.4 Å². The molecular formula is C20H28IN3O3. The topological polar surface area (TPSA) is 68.0 Å². The molecule has 0 radical (unpaired) electrons. The lowest BCUT2D eigenvalue weighted by Gasteiger charge is -2.16. The maximum atomic E-state index is 5.69. The van der Waals surface area contributed by atoms with Crippen molar-refractivity contribution in [1.29, 1.82) is 0 Å². The number of guanidine groups is 1. The number of halogens is 1. The first-order valence-corrected chi connectivity index (χ1v) is 9.13. The van der Waals surface area contributed by atoms with Crippen molar-refractivity contribution in [2.75, 3.05) is 26.8 Å². The fourth-order valence-corrected chi connectivity index (χ4v) is 2.95. The summed E-state index contributed by atoms with van der Waals surface area (Å²) < 4.78 is 16.5. The van der Waals surface area contributed by atoms with Crippen LogP contribution in [0.4, 0.5) is 0 Å². The molecule has 0 saturated carbocycles. The number of furan rings is 1. The third kappa shape index (κ3) is 7.06. The minimum absolute atomic E-state index is 0. The van der Waals surface area contributed by atoms with E-state index in [0.717, 1.165) is 62.0 Å². The lowest BCUT2D eigenvalue weighted by molar-refractivity contribution is 0.114. The average molecular weight is 485 g/mol. The number of nitrogens with zero attached hydrogens (tertiary/aromatic N) is 1. The normalized spacial score (nSPS) is 16.6. The lowest BCUT2D eigenvalue weighted by atomic mass is 10.2. The smallest absolute Gasteiger partial charge is 0.191 e. The zero-order chi connectivity index (χ0) is 18.0. The van der Waals surface area contributed by atoms with Crippen LogP contribution in [0.2, 0.25) is 0 Å². The van der Waals surface area contributed by atoms with E-state index >= 15 is 0 Å². The summed E-state index contributed by atoms with van der Waals surface area (Å²) in [5.41, 5.74) is 1.05. The highest BCUT2D eigenvalue weighted by Crippen LogP contribution is 2.18. The summed E-state index contributed by atoms with van der Waals surface area (Å²) in [4.78, 5) is 4.71. The van der Waals surface area contributed by atoms with Gasteiger partial charge >= 0.3 is 0 Å².